The number of hydrogen-bond donors (Lipinski definition) is 2. The van der Waals surface area contributed by atoms with Crippen molar-refractivity contribution in [1.29, 1.82) is 0 Å². The number of carbonyl (C=O) groups is 2. The van der Waals surface area contributed by atoms with Crippen molar-refractivity contribution in [2.24, 2.45) is 0 Å². The summed E-state index contributed by atoms with van der Waals surface area (Å²) in [5.74, 6) is 0.882. The fourth-order valence-corrected chi connectivity index (χ4v) is 4.29. The number of carbonyl (C=O) groups excluding carboxylic acids is 1. The average molecular weight is 474 g/mol. The van der Waals surface area contributed by atoms with E-state index in [0.29, 0.717) is 17.6 Å². The number of benzene rings is 3. The van der Waals surface area contributed by atoms with Crippen molar-refractivity contribution in [3.05, 3.63) is 83.9 Å². The Morgan fingerprint density at radius 1 is 0.771 bits per heavy atom. The monoisotopic (exact) mass is 473 g/mol. The molecule has 0 atom stereocenters. The third-order valence-corrected chi connectivity index (χ3v) is 6.13. The number of nitrogens with one attached hydrogen (secondary N) is 1. The first-order valence-electron chi connectivity index (χ1n) is 12.2. The van der Waals surface area contributed by atoms with E-state index in [1.165, 1.54) is 38.2 Å². The number of hydrogen-bond acceptors (Lipinski definition) is 4. The third kappa shape index (κ3) is 7.34. The molecule has 1 saturated carbocycles. The van der Waals surface area contributed by atoms with Crippen molar-refractivity contribution >= 4 is 17.6 Å². The molecule has 1 aliphatic rings. The van der Waals surface area contributed by atoms with Crippen molar-refractivity contribution < 1.29 is 24.2 Å². The Bertz CT molecular complexity index is 1120. The molecule has 2 N–H and O–H groups in total. The summed E-state index contributed by atoms with van der Waals surface area (Å²) in [4.78, 5) is 23.7. The Morgan fingerprint density at radius 2 is 1.34 bits per heavy atom. The zero-order chi connectivity index (χ0) is 24.5. The third-order valence-electron chi connectivity index (χ3n) is 6.13. The number of carboxylic acids is 1. The molecule has 0 aliphatic heterocycles. The predicted molar refractivity (Wildman–Crippen MR) is 135 cm³/mol. The lowest BCUT2D eigenvalue weighted by atomic mass is 9.98. The van der Waals surface area contributed by atoms with Crippen LogP contribution in [0.25, 0.3) is 0 Å². The summed E-state index contributed by atoms with van der Waals surface area (Å²) in [6.07, 6.45) is 9.07. The summed E-state index contributed by atoms with van der Waals surface area (Å²) in [6, 6.07) is 21.3. The van der Waals surface area contributed by atoms with Gasteiger partial charge in [-0.2, -0.15) is 0 Å². The fraction of sp³-hybridized carbons (Fsp3) is 0.310. The van der Waals surface area contributed by atoms with Crippen LogP contribution in [-0.2, 0) is 11.2 Å². The van der Waals surface area contributed by atoms with Crippen molar-refractivity contribution in [2.45, 2.75) is 57.5 Å². The van der Waals surface area contributed by atoms with E-state index in [4.69, 9.17) is 9.47 Å². The van der Waals surface area contributed by atoms with E-state index in [-0.39, 0.29) is 23.6 Å². The largest absolute Gasteiger partial charge is 0.490 e. The molecule has 35 heavy (non-hydrogen) atoms. The SMILES string of the molecule is O=C(Cc1ccc(Oc2ccc(OC3CCCCCCC3)cc2)cc1)Nc1ccccc1C(=O)O. The van der Waals surface area contributed by atoms with Crippen LogP contribution in [0, 0.1) is 0 Å². The molecule has 0 unspecified atom stereocenters. The first kappa shape index (κ1) is 24.3. The molecule has 0 saturated heterocycles. The Kier molecular flexibility index (Phi) is 8.39. The molecule has 0 radical (unpaired) electrons. The average Bonchev–Trinajstić information content (AvgIpc) is 2.83. The lowest BCUT2D eigenvalue weighted by molar-refractivity contribution is -0.115. The number of carboxylic acid groups (broad SMARTS) is 1. The Morgan fingerprint density at radius 3 is 2.00 bits per heavy atom. The Labute approximate surface area is 205 Å². The molecule has 1 amide bonds. The zero-order valence-corrected chi connectivity index (χ0v) is 19.7. The van der Waals surface area contributed by atoms with E-state index in [1.54, 1.807) is 18.2 Å². The number of anilines is 1. The van der Waals surface area contributed by atoms with Crippen LogP contribution in [0.3, 0.4) is 0 Å². The minimum absolute atomic E-state index is 0.0608. The molecule has 0 spiro atoms. The molecular formula is C29H31NO5. The maximum atomic E-state index is 12.4. The first-order chi connectivity index (χ1) is 17.1. The van der Waals surface area contributed by atoms with Crippen LogP contribution < -0.4 is 14.8 Å². The van der Waals surface area contributed by atoms with E-state index in [0.717, 1.165) is 24.2 Å². The van der Waals surface area contributed by atoms with Crippen LogP contribution in [0.15, 0.2) is 72.8 Å². The van der Waals surface area contributed by atoms with E-state index in [1.807, 2.05) is 48.5 Å². The number of aromatic carboxylic acids is 1. The number of rotatable bonds is 8. The summed E-state index contributed by atoms with van der Waals surface area (Å²) >= 11 is 0. The van der Waals surface area contributed by atoms with Crippen molar-refractivity contribution in [1.82, 2.24) is 0 Å². The van der Waals surface area contributed by atoms with Gasteiger partial charge in [-0.1, -0.05) is 43.5 Å². The van der Waals surface area contributed by atoms with Crippen LogP contribution in [0.4, 0.5) is 5.69 Å². The molecule has 182 valence electrons. The van der Waals surface area contributed by atoms with Gasteiger partial charge in [0.15, 0.2) is 0 Å². The summed E-state index contributed by atoms with van der Waals surface area (Å²) < 4.78 is 12.1. The highest BCUT2D eigenvalue weighted by molar-refractivity contribution is 6.00. The van der Waals surface area contributed by atoms with Gasteiger partial charge in [0.1, 0.15) is 17.2 Å². The van der Waals surface area contributed by atoms with Gasteiger partial charge >= 0.3 is 5.97 Å². The Balaban J connectivity index is 1.29. The van der Waals surface area contributed by atoms with E-state index < -0.39 is 5.97 Å². The second-order valence-corrected chi connectivity index (χ2v) is 8.88. The lowest BCUT2D eigenvalue weighted by Crippen LogP contribution is -2.17. The van der Waals surface area contributed by atoms with Crippen LogP contribution in [-0.4, -0.2) is 23.1 Å². The van der Waals surface area contributed by atoms with Gasteiger partial charge in [-0.15, -0.1) is 0 Å². The maximum absolute atomic E-state index is 12.4. The smallest absolute Gasteiger partial charge is 0.337 e. The number of amides is 1. The van der Waals surface area contributed by atoms with Crippen molar-refractivity contribution in [3.63, 3.8) is 0 Å². The molecule has 4 rings (SSSR count). The summed E-state index contributed by atoms with van der Waals surface area (Å²) in [5, 5.41) is 11.9. The summed E-state index contributed by atoms with van der Waals surface area (Å²) in [7, 11) is 0. The molecule has 0 heterocycles. The van der Waals surface area contributed by atoms with E-state index in [2.05, 4.69) is 5.32 Å². The summed E-state index contributed by atoms with van der Waals surface area (Å²) in [6.45, 7) is 0. The second-order valence-electron chi connectivity index (χ2n) is 8.88. The van der Waals surface area contributed by atoms with Gasteiger partial charge in [-0.25, -0.2) is 4.79 Å². The highest BCUT2D eigenvalue weighted by atomic mass is 16.5. The number of ether oxygens (including phenoxy) is 2. The topological polar surface area (TPSA) is 84.9 Å². The minimum Gasteiger partial charge on any atom is -0.490 e. The molecule has 0 bridgehead atoms. The normalized spacial score (nSPS) is 14.4. The van der Waals surface area contributed by atoms with Gasteiger partial charge in [0, 0.05) is 0 Å². The minimum atomic E-state index is -1.08. The molecule has 1 fully saturated rings. The predicted octanol–water partition coefficient (Wildman–Crippen LogP) is 6.85. The highest BCUT2D eigenvalue weighted by Gasteiger charge is 2.14. The standard InChI is InChI=1S/C29H31NO5/c31-28(30-27-11-7-6-10-26(27)29(32)33)20-21-12-14-23(15-13-21)35-25-18-16-24(17-19-25)34-22-8-4-2-1-3-5-9-22/h6-7,10-19,22H,1-5,8-9,20H2,(H,30,31)(H,32,33). The molecule has 6 nitrogen and oxygen atoms in total. The van der Waals surface area contributed by atoms with Crippen molar-refractivity contribution in [2.75, 3.05) is 5.32 Å². The van der Waals surface area contributed by atoms with Gasteiger partial charge in [0.05, 0.1) is 23.8 Å². The molecular weight excluding hydrogens is 442 g/mol. The highest BCUT2D eigenvalue weighted by Crippen LogP contribution is 2.27. The second kappa shape index (κ2) is 12.1. The molecule has 0 aromatic heterocycles. The van der Waals surface area contributed by atoms with Crippen molar-refractivity contribution in [3.8, 4) is 17.2 Å². The van der Waals surface area contributed by atoms with Crippen LogP contribution in [0.1, 0.15) is 60.9 Å². The van der Waals surface area contributed by atoms with Gasteiger partial charge in [0.2, 0.25) is 5.91 Å². The van der Waals surface area contributed by atoms with Crippen LogP contribution in [0.2, 0.25) is 0 Å². The molecule has 3 aromatic rings. The van der Waals surface area contributed by atoms with E-state index >= 15 is 0 Å². The van der Waals surface area contributed by atoms with Gasteiger partial charge in [-0.3, -0.25) is 4.79 Å². The molecule has 3 aromatic carbocycles. The van der Waals surface area contributed by atoms with Gasteiger partial charge in [0.25, 0.3) is 0 Å². The molecule has 6 heteroatoms. The van der Waals surface area contributed by atoms with Gasteiger partial charge < -0.3 is 19.9 Å². The number of para-hydroxylation sites is 1. The Hall–Kier alpha value is -3.80. The van der Waals surface area contributed by atoms with E-state index in [9.17, 15) is 14.7 Å². The lowest BCUT2D eigenvalue weighted by Gasteiger charge is -2.21. The van der Waals surface area contributed by atoms with Crippen LogP contribution >= 0.6 is 0 Å². The first-order valence-corrected chi connectivity index (χ1v) is 12.2. The quantitative estimate of drug-likeness (QED) is 0.374. The fourth-order valence-electron chi connectivity index (χ4n) is 4.29. The van der Waals surface area contributed by atoms with Crippen LogP contribution in [0.5, 0.6) is 17.2 Å². The maximum Gasteiger partial charge on any atom is 0.337 e. The van der Waals surface area contributed by atoms with Gasteiger partial charge in [-0.05, 0) is 79.8 Å². The molecule has 1 aliphatic carbocycles. The zero-order valence-electron chi connectivity index (χ0n) is 19.7. The summed E-state index contributed by atoms with van der Waals surface area (Å²) in [5.41, 5.74) is 1.14.